The number of carbonyl (C=O) groups is 1. The zero-order valence-electron chi connectivity index (χ0n) is 11.0. The minimum atomic E-state index is -0.234. The van der Waals surface area contributed by atoms with E-state index < -0.39 is 0 Å². The van der Waals surface area contributed by atoms with E-state index in [2.05, 4.69) is 31.4 Å². The van der Waals surface area contributed by atoms with Crippen molar-refractivity contribution in [2.45, 2.75) is 25.8 Å². The summed E-state index contributed by atoms with van der Waals surface area (Å²) in [5.74, 6) is 0.484. The van der Waals surface area contributed by atoms with E-state index in [0.29, 0.717) is 11.6 Å². The second-order valence-corrected chi connectivity index (χ2v) is 5.97. The van der Waals surface area contributed by atoms with Crippen LogP contribution in [0.4, 0.5) is 0 Å². The van der Waals surface area contributed by atoms with E-state index in [4.69, 9.17) is 4.52 Å². The minimum Gasteiger partial charge on any atom is -0.351 e. The zero-order valence-corrected chi connectivity index (χ0v) is 12.6. The molecule has 2 heterocycles. The summed E-state index contributed by atoms with van der Waals surface area (Å²) >= 11 is 3.41. The van der Waals surface area contributed by atoms with Crippen molar-refractivity contribution in [3.63, 3.8) is 0 Å². The Balaban J connectivity index is 1.80. The predicted molar refractivity (Wildman–Crippen MR) is 76.1 cm³/mol. The van der Waals surface area contributed by atoms with Crippen molar-refractivity contribution >= 4 is 21.8 Å². The lowest BCUT2D eigenvalue weighted by Gasteiger charge is -2.17. The van der Waals surface area contributed by atoms with E-state index in [1.807, 2.05) is 6.07 Å². The first-order valence-electron chi connectivity index (χ1n) is 6.48. The molecule has 0 bridgehead atoms. The van der Waals surface area contributed by atoms with Gasteiger partial charge >= 0.3 is 0 Å². The van der Waals surface area contributed by atoms with Gasteiger partial charge in [-0.05, 0) is 53.2 Å². The number of aryl methyl sites for hydroxylation is 1. The van der Waals surface area contributed by atoms with Crippen LogP contribution < -0.4 is 5.32 Å². The SMILES string of the molecule is Cc1cc(C(=O)NC(c2cncc(Br)c2)C2CC2)on1. The van der Waals surface area contributed by atoms with E-state index in [1.165, 1.54) is 0 Å². The first-order chi connectivity index (χ1) is 9.63. The van der Waals surface area contributed by atoms with Crippen LogP contribution in [0.1, 0.15) is 40.7 Å². The van der Waals surface area contributed by atoms with Crippen molar-refractivity contribution in [2.75, 3.05) is 0 Å². The number of hydrogen-bond donors (Lipinski definition) is 1. The van der Waals surface area contributed by atoms with Crippen LogP contribution in [0.5, 0.6) is 0 Å². The molecule has 0 aromatic carbocycles. The van der Waals surface area contributed by atoms with Gasteiger partial charge < -0.3 is 9.84 Å². The normalized spacial score (nSPS) is 15.9. The molecule has 1 amide bonds. The van der Waals surface area contributed by atoms with Crippen LogP contribution in [-0.2, 0) is 0 Å². The lowest BCUT2D eigenvalue weighted by molar-refractivity contribution is 0.0894. The summed E-state index contributed by atoms with van der Waals surface area (Å²) in [5.41, 5.74) is 1.70. The second-order valence-electron chi connectivity index (χ2n) is 5.06. The van der Waals surface area contributed by atoms with E-state index in [-0.39, 0.29) is 17.7 Å². The van der Waals surface area contributed by atoms with Crippen LogP contribution in [0.3, 0.4) is 0 Å². The average molecular weight is 336 g/mol. The van der Waals surface area contributed by atoms with Crippen molar-refractivity contribution in [1.82, 2.24) is 15.5 Å². The molecule has 1 unspecified atom stereocenters. The molecule has 1 aliphatic carbocycles. The van der Waals surface area contributed by atoms with Crippen LogP contribution in [0, 0.1) is 12.8 Å². The summed E-state index contributed by atoms with van der Waals surface area (Å²) in [6.07, 6.45) is 5.76. The summed E-state index contributed by atoms with van der Waals surface area (Å²) in [7, 11) is 0. The molecule has 1 N–H and O–H groups in total. The molecule has 20 heavy (non-hydrogen) atoms. The smallest absolute Gasteiger partial charge is 0.290 e. The number of halogens is 1. The Morgan fingerprint density at radius 3 is 2.85 bits per heavy atom. The van der Waals surface area contributed by atoms with Crippen molar-refractivity contribution < 1.29 is 9.32 Å². The molecule has 0 aliphatic heterocycles. The number of hydrogen-bond acceptors (Lipinski definition) is 4. The van der Waals surface area contributed by atoms with Gasteiger partial charge in [0.1, 0.15) is 0 Å². The van der Waals surface area contributed by atoms with Gasteiger partial charge in [-0.2, -0.15) is 0 Å². The largest absolute Gasteiger partial charge is 0.351 e. The van der Waals surface area contributed by atoms with E-state index in [1.54, 1.807) is 25.4 Å². The highest BCUT2D eigenvalue weighted by atomic mass is 79.9. The molecule has 0 radical (unpaired) electrons. The Morgan fingerprint density at radius 1 is 1.45 bits per heavy atom. The second kappa shape index (κ2) is 5.36. The maximum absolute atomic E-state index is 12.2. The van der Waals surface area contributed by atoms with Gasteiger partial charge in [-0.3, -0.25) is 9.78 Å². The fourth-order valence-corrected chi connectivity index (χ4v) is 2.57. The third-order valence-corrected chi connectivity index (χ3v) is 3.75. The molecule has 5 nitrogen and oxygen atoms in total. The van der Waals surface area contributed by atoms with Gasteiger partial charge in [0.25, 0.3) is 5.91 Å². The maximum atomic E-state index is 12.2. The van der Waals surface area contributed by atoms with Crippen LogP contribution in [0.15, 0.2) is 33.5 Å². The van der Waals surface area contributed by atoms with Crippen molar-refractivity contribution in [1.29, 1.82) is 0 Å². The highest BCUT2D eigenvalue weighted by molar-refractivity contribution is 9.10. The van der Waals surface area contributed by atoms with Crippen molar-refractivity contribution in [2.24, 2.45) is 5.92 Å². The van der Waals surface area contributed by atoms with E-state index in [0.717, 1.165) is 22.9 Å². The molecule has 1 saturated carbocycles. The number of nitrogens with one attached hydrogen (secondary N) is 1. The predicted octanol–water partition coefficient (Wildman–Crippen LogP) is 3.02. The van der Waals surface area contributed by atoms with Crippen LogP contribution in [0.2, 0.25) is 0 Å². The molecule has 0 saturated heterocycles. The molecule has 1 aliphatic rings. The topological polar surface area (TPSA) is 68.0 Å². The standard InChI is InChI=1S/C14H14BrN3O2/c1-8-4-12(20-18-8)14(19)17-13(9-2-3-9)10-5-11(15)7-16-6-10/h4-7,9,13H,2-3H2,1H3,(H,17,19). The third kappa shape index (κ3) is 2.90. The van der Waals surface area contributed by atoms with Crippen molar-refractivity contribution in [3.05, 3.63) is 46.0 Å². The molecule has 2 aromatic rings. The number of rotatable bonds is 4. The van der Waals surface area contributed by atoms with Gasteiger partial charge in [0.15, 0.2) is 0 Å². The maximum Gasteiger partial charge on any atom is 0.290 e. The average Bonchev–Trinajstić information content (AvgIpc) is 3.17. The fraction of sp³-hybridized carbons (Fsp3) is 0.357. The van der Waals surface area contributed by atoms with Crippen LogP contribution in [0.25, 0.3) is 0 Å². The lowest BCUT2D eigenvalue weighted by atomic mass is 10.0. The van der Waals surface area contributed by atoms with Gasteiger partial charge in [-0.1, -0.05) is 5.16 Å². The molecule has 0 spiro atoms. The van der Waals surface area contributed by atoms with Gasteiger partial charge in [0.2, 0.25) is 5.76 Å². The third-order valence-electron chi connectivity index (χ3n) is 3.32. The summed E-state index contributed by atoms with van der Waals surface area (Å²) < 4.78 is 5.91. The van der Waals surface area contributed by atoms with Gasteiger partial charge in [0, 0.05) is 22.9 Å². The molecule has 104 valence electrons. The quantitative estimate of drug-likeness (QED) is 0.932. The Kier molecular flexibility index (Phi) is 3.56. The highest BCUT2D eigenvalue weighted by Gasteiger charge is 2.34. The van der Waals surface area contributed by atoms with E-state index in [9.17, 15) is 4.79 Å². The highest BCUT2D eigenvalue weighted by Crippen LogP contribution is 2.41. The first kappa shape index (κ1) is 13.3. The number of pyridine rings is 1. The number of nitrogens with zero attached hydrogens (tertiary/aromatic N) is 2. The molecule has 3 rings (SSSR count). The molecule has 2 aromatic heterocycles. The Bertz CT molecular complexity index is 637. The van der Waals surface area contributed by atoms with Gasteiger partial charge in [0.05, 0.1) is 11.7 Å². The summed E-state index contributed by atoms with van der Waals surface area (Å²) in [6, 6.07) is 3.60. The first-order valence-corrected chi connectivity index (χ1v) is 7.27. The number of carbonyl (C=O) groups excluding carboxylic acids is 1. The number of amides is 1. The molecular weight excluding hydrogens is 322 g/mol. The van der Waals surface area contributed by atoms with E-state index >= 15 is 0 Å². The molecule has 1 fully saturated rings. The Morgan fingerprint density at radius 2 is 2.25 bits per heavy atom. The monoisotopic (exact) mass is 335 g/mol. The van der Waals surface area contributed by atoms with Crippen LogP contribution in [-0.4, -0.2) is 16.0 Å². The number of aromatic nitrogens is 2. The summed E-state index contributed by atoms with van der Waals surface area (Å²) in [6.45, 7) is 1.79. The lowest BCUT2D eigenvalue weighted by Crippen LogP contribution is -2.29. The van der Waals surface area contributed by atoms with Gasteiger partial charge in [-0.25, -0.2) is 0 Å². The van der Waals surface area contributed by atoms with Crippen LogP contribution >= 0.6 is 15.9 Å². The fourth-order valence-electron chi connectivity index (χ4n) is 2.18. The molecular formula is C14H14BrN3O2. The molecule has 1 atom stereocenters. The summed E-state index contributed by atoms with van der Waals surface area (Å²) in [4.78, 5) is 16.3. The zero-order chi connectivity index (χ0) is 14.1. The minimum absolute atomic E-state index is 0.0297. The van der Waals surface area contributed by atoms with Gasteiger partial charge in [-0.15, -0.1) is 0 Å². The molecule has 6 heteroatoms. The summed E-state index contributed by atoms with van der Waals surface area (Å²) in [5, 5.41) is 6.76. The Labute approximate surface area is 124 Å². The Hall–Kier alpha value is -1.69. The van der Waals surface area contributed by atoms with Crippen molar-refractivity contribution in [3.8, 4) is 0 Å².